The Kier molecular flexibility index (Phi) is 13.4. The third kappa shape index (κ3) is 8.73. The number of rotatable bonds is 5. The molecule has 0 aliphatic heterocycles. The van der Waals surface area contributed by atoms with Crippen molar-refractivity contribution >= 4 is 43.7 Å². The molecule has 0 bridgehead atoms. The number of furan rings is 1. The Bertz CT molecular complexity index is 4110. The van der Waals surface area contributed by atoms with Crippen LogP contribution in [0.3, 0.4) is 0 Å². The van der Waals surface area contributed by atoms with Crippen molar-refractivity contribution in [2.75, 3.05) is 0 Å². The molecule has 1 unspecified atom stereocenters. The molecular weight excluding hydrogens is 907 g/mol. The summed E-state index contributed by atoms with van der Waals surface area (Å²) in [5, 5.41) is 4.91. The lowest BCUT2D eigenvalue weighted by Gasteiger charge is -2.35. The van der Waals surface area contributed by atoms with E-state index in [1.807, 2.05) is 26.0 Å². The van der Waals surface area contributed by atoms with Gasteiger partial charge in [-0.25, -0.2) is 0 Å². The summed E-state index contributed by atoms with van der Waals surface area (Å²) >= 11 is 0. The van der Waals surface area contributed by atoms with Crippen LogP contribution in [0.1, 0.15) is 58.4 Å². The molecule has 0 N–H and O–H groups in total. The summed E-state index contributed by atoms with van der Waals surface area (Å²) in [6, 6.07) is 93.4. The fourth-order valence-corrected chi connectivity index (χ4v) is 11.5. The van der Waals surface area contributed by atoms with Crippen LogP contribution in [-0.2, 0) is 5.41 Å². The number of para-hydroxylation sites is 2. The second-order valence-electron chi connectivity index (χ2n) is 19.4. The molecule has 0 spiro atoms. The standard InChI is InChI=1S/C31H21NO.C27H22.C13H12.C2H6/c1-20-8-7-13-30-31(20)26-19-22(15-17-29(26)33-30)21-14-16-28-25(18-21)24-11-5-6-12-27(24)32(28)23-9-3-2-4-10-23;1-19-11-6-8-16-23(19)27(21-13-4-3-5-14-21)24-17-9-7-15-22(24)26-20(2)12-10-18-25(26)27;1-11-7-9-13(10-8-11)12-5-3-2-4-6-12;1-2/h2-19H,1H3;3-18H,1-2H3;2-10H,1H3;1-2H3. The van der Waals surface area contributed by atoms with E-state index in [9.17, 15) is 0 Å². The van der Waals surface area contributed by atoms with Gasteiger partial charge in [0.05, 0.1) is 16.4 Å². The van der Waals surface area contributed by atoms with Gasteiger partial charge in [0.25, 0.3) is 0 Å². The zero-order valence-corrected chi connectivity index (χ0v) is 43.7. The number of aromatic nitrogens is 1. The second-order valence-corrected chi connectivity index (χ2v) is 19.4. The molecule has 14 rings (SSSR count). The van der Waals surface area contributed by atoms with Gasteiger partial charge in [0.1, 0.15) is 11.2 Å². The van der Waals surface area contributed by atoms with Crippen molar-refractivity contribution in [1.82, 2.24) is 4.57 Å². The largest absolute Gasteiger partial charge is 0.456 e. The highest BCUT2D eigenvalue weighted by Gasteiger charge is 2.47. The van der Waals surface area contributed by atoms with E-state index in [-0.39, 0.29) is 5.41 Å². The van der Waals surface area contributed by atoms with Gasteiger partial charge < -0.3 is 8.98 Å². The molecule has 0 saturated carbocycles. The van der Waals surface area contributed by atoms with Crippen molar-refractivity contribution in [2.24, 2.45) is 0 Å². The predicted molar refractivity (Wildman–Crippen MR) is 319 cm³/mol. The highest BCUT2D eigenvalue weighted by molar-refractivity contribution is 6.11. The van der Waals surface area contributed by atoms with Crippen LogP contribution in [0, 0.1) is 27.7 Å². The van der Waals surface area contributed by atoms with E-state index < -0.39 is 0 Å². The molecule has 11 aromatic carbocycles. The molecule has 0 fully saturated rings. The van der Waals surface area contributed by atoms with Gasteiger partial charge in [-0.15, -0.1) is 0 Å². The van der Waals surface area contributed by atoms with Crippen LogP contribution in [0.2, 0.25) is 0 Å². The second kappa shape index (κ2) is 20.9. The van der Waals surface area contributed by atoms with E-state index in [0.29, 0.717) is 0 Å². The quantitative estimate of drug-likeness (QED) is 0.168. The minimum absolute atomic E-state index is 0.273. The zero-order chi connectivity index (χ0) is 51.5. The molecule has 1 aliphatic carbocycles. The summed E-state index contributed by atoms with van der Waals surface area (Å²) in [5.41, 5.74) is 23.6. The maximum absolute atomic E-state index is 6.10. The number of fused-ring (bicyclic) bond motifs is 9. The summed E-state index contributed by atoms with van der Waals surface area (Å²) in [7, 11) is 0. The van der Waals surface area contributed by atoms with Crippen LogP contribution in [0.4, 0.5) is 0 Å². The molecule has 0 saturated heterocycles. The number of hydrogen-bond donors (Lipinski definition) is 0. The van der Waals surface area contributed by atoms with Crippen molar-refractivity contribution in [3.05, 3.63) is 305 Å². The molecule has 2 nitrogen and oxygen atoms in total. The van der Waals surface area contributed by atoms with Crippen molar-refractivity contribution in [1.29, 1.82) is 0 Å². The van der Waals surface area contributed by atoms with Gasteiger partial charge in [-0.1, -0.05) is 232 Å². The van der Waals surface area contributed by atoms with Crippen LogP contribution < -0.4 is 0 Å². The molecule has 364 valence electrons. The Morgan fingerprint density at radius 1 is 0.347 bits per heavy atom. The molecule has 2 aromatic heterocycles. The molecule has 1 aliphatic rings. The smallest absolute Gasteiger partial charge is 0.135 e. The fourth-order valence-electron chi connectivity index (χ4n) is 11.5. The van der Waals surface area contributed by atoms with Crippen LogP contribution in [0.5, 0.6) is 0 Å². The van der Waals surface area contributed by atoms with E-state index in [1.165, 1.54) is 116 Å². The first-order valence-corrected chi connectivity index (χ1v) is 26.3. The average molecular weight is 968 g/mol. The van der Waals surface area contributed by atoms with Crippen LogP contribution in [-0.4, -0.2) is 4.57 Å². The minimum atomic E-state index is -0.273. The molecule has 13 aromatic rings. The van der Waals surface area contributed by atoms with Crippen LogP contribution >= 0.6 is 0 Å². The highest BCUT2D eigenvalue weighted by Crippen LogP contribution is 2.57. The first-order chi connectivity index (χ1) is 36.9. The summed E-state index contributed by atoms with van der Waals surface area (Å²) in [4.78, 5) is 0. The molecule has 1 atom stereocenters. The van der Waals surface area contributed by atoms with Crippen molar-refractivity contribution in [3.8, 4) is 39.1 Å². The lowest BCUT2D eigenvalue weighted by Crippen LogP contribution is -2.29. The maximum Gasteiger partial charge on any atom is 0.135 e. The van der Waals surface area contributed by atoms with Gasteiger partial charge >= 0.3 is 0 Å². The Morgan fingerprint density at radius 3 is 1.63 bits per heavy atom. The number of benzene rings is 11. The van der Waals surface area contributed by atoms with E-state index in [2.05, 4.69) is 281 Å². The molecule has 0 amide bonds. The monoisotopic (exact) mass is 967 g/mol. The number of nitrogens with zero attached hydrogens (tertiary/aromatic N) is 1. The van der Waals surface area contributed by atoms with Crippen molar-refractivity contribution in [2.45, 2.75) is 47.0 Å². The summed E-state index contributed by atoms with van der Waals surface area (Å²) in [5.74, 6) is 0. The average Bonchev–Trinajstić information content (AvgIpc) is 4.15. The number of hydrogen-bond acceptors (Lipinski definition) is 1. The van der Waals surface area contributed by atoms with E-state index in [0.717, 1.165) is 11.2 Å². The summed E-state index contributed by atoms with van der Waals surface area (Å²) < 4.78 is 8.45. The lowest BCUT2D eigenvalue weighted by atomic mass is 9.66. The zero-order valence-electron chi connectivity index (χ0n) is 43.7. The van der Waals surface area contributed by atoms with Gasteiger partial charge in [0.2, 0.25) is 0 Å². The minimum Gasteiger partial charge on any atom is -0.456 e. The molecule has 75 heavy (non-hydrogen) atoms. The third-order valence-electron chi connectivity index (χ3n) is 14.9. The normalized spacial score (nSPS) is 13.3. The molecular formula is C73H61NO. The van der Waals surface area contributed by atoms with Crippen molar-refractivity contribution in [3.63, 3.8) is 0 Å². The Hall–Kier alpha value is -8.98. The summed E-state index contributed by atoms with van der Waals surface area (Å²) in [6.07, 6.45) is 0. The van der Waals surface area contributed by atoms with E-state index in [1.54, 1.807) is 0 Å². The van der Waals surface area contributed by atoms with Crippen LogP contribution in [0.25, 0.3) is 82.8 Å². The number of aryl methyl sites for hydroxylation is 4. The first kappa shape index (κ1) is 48.3. The fraction of sp³-hybridized carbons (Fsp3) is 0.0959. The van der Waals surface area contributed by atoms with Gasteiger partial charge in [-0.2, -0.15) is 0 Å². The third-order valence-corrected chi connectivity index (χ3v) is 14.9. The van der Waals surface area contributed by atoms with Gasteiger partial charge in [0.15, 0.2) is 0 Å². The van der Waals surface area contributed by atoms with Crippen LogP contribution in [0.15, 0.2) is 265 Å². The Labute approximate surface area is 441 Å². The van der Waals surface area contributed by atoms with Gasteiger partial charge in [0, 0.05) is 27.2 Å². The Balaban J connectivity index is 0.000000128. The summed E-state index contributed by atoms with van der Waals surface area (Å²) in [6.45, 7) is 12.7. The highest BCUT2D eigenvalue weighted by atomic mass is 16.3. The van der Waals surface area contributed by atoms with E-state index in [4.69, 9.17) is 4.42 Å². The first-order valence-electron chi connectivity index (χ1n) is 26.3. The maximum atomic E-state index is 6.10. The SMILES string of the molecule is CC.Cc1ccc(-c2ccccc2)cc1.Cc1cccc2oc3ccc(-c4ccc5c(c4)c4ccccc4n5-c4ccccc4)cc3c12.Cc1ccccc1C1(c2ccccc2)c2ccccc2-c2c(C)cccc21. The lowest BCUT2D eigenvalue weighted by molar-refractivity contribution is 0.669. The topological polar surface area (TPSA) is 18.1 Å². The van der Waals surface area contributed by atoms with Gasteiger partial charge in [-0.3, -0.25) is 0 Å². The molecule has 0 radical (unpaired) electrons. The van der Waals surface area contributed by atoms with Gasteiger partial charge in [-0.05, 0) is 149 Å². The molecule has 2 heteroatoms. The molecule has 2 heterocycles. The predicted octanol–water partition coefficient (Wildman–Crippen LogP) is 20.0. The van der Waals surface area contributed by atoms with E-state index >= 15 is 0 Å². The Morgan fingerprint density at radius 2 is 0.880 bits per heavy atom. The van der Waals surface area contributed by atoms with Crippen molar-refractivity contribution < 1.29 is 4.42 Å².